The quantitative estimate of drug-likeness (QED) is 0.879. The molecule has 0 aromatic carbocycles. The molecule has 1 fully saturated rings. The van der Waals surface area contributed by atoms with Gasteiger partial charge < -0.3 is 15.3 Å². The minimum atomic E-state index is -0.859. The SMILES string of the molecule is Cc1ncc(CNC(=O)N2CCCC2CC(=O)O)s1. The number of hydrogen-bond donors (Lipinski definition) is 2. The molecule has 0 bridgehead atoms. The van der Waals surface area contributed by atoms with Gasteiger partial charge in [-0.3, -0.25) is 4.79 Å². The number of aromatic nitrogens is 1. The first-order valence-corrected chi connectivity index (χ1v) is 7.05. The van der Waals surface area contributed by atoms with E-state index in [0.717, 1.165) is 22.7 Å². The Bertz CT molecular complexity index is 475. The average Bonchev–Trinajstić information content (AvgIpc) is 2.94. The molecule has 2 heterocycles. The van der Waals surface area contributed by atoms with Gasteiger partial charge in [0.2, 0.25) is 0 Å². The Labute approximate surface area is 115 Å². The number of amides is 2. The van der Waals surface area contributed by atoms with Crippen LogP contribution in [0.4, 0.5) is 4.79 Å². The molecule has 104 valence electrons. The molecule has 6 nitrogen and oxygen atoms in total. The number of thiazole rings is 1. The molecule has 1 atom stereocenters. The van der Waals surface area contributed by atoms with Crippen molar-refractivity contribution in [3.8, 4) is 0 Å². The molecule has 2 rings (SSSR count). The van der Waals surface area contributed by atoms with Crippen molar-refractivity contribution in [2.45, 2.75) is 38.8 Å². The van der Waals surface area contributed by atoms with Crippen LogP contribution in [0, 0.1) is 6.92 Å². The first-order valence-electron chi connectivity index (χ1n) is 6.24. The number of hydrogen-bond acceptors (Lipinski definition) is 4. The highest BCUT2D eigenvalue weighted by Crippen LogP contribution is 2.20. The Kier molecular flexibility index (Phi) is 4.36. The molecular formula is C12H17N3O3S. The topological polar surface area (TPSA) is 82.5 Å². The number of nitrogens with zero attached hydrogens (tertiary/aromatic N) is 2. The molecule has 1 aromatic heterocycles. The van der Waals surface area contributed by atoms with Crippen molar-refractivity contribution < 1.29 is 14.7 Å². The Morgan fingerprint density at radius 1 is 1.63 bits per heavy atom. The smallest absolute Gasteiger partial charge is 0.317 e. The number of carboxylic acids is 1. The Hall–Kier alpha value is -1.63. The van der Waals surface area contributed by atoms with Crippen molar-refractivity contribution in [3.63, 3.8) is 0 Å². The van der Waals surface area contributed by atoms with Crippen molar-refractivity contribution >= 4 is 23.3 Å². The number of rotatable bonds is 4. The van der Waals surface area contributed by atoms with Gasteiger partial charge in [-0.2, -0.15) is 0 Å². The van der Waals surface area contributed by atoms with E-state index in [1.54, 1.807) is 22.4 Å². The first-order chi connectivity index (χ1) is 9.06. The van der Waals surface area contributed by atoms with Crippen LogP contribution in [0.2, 0.25) is 0 Å². The molecule has 19 heavy (non-hydrogen) atoms. The Morgan fingerprint density at radius 3 is 3.05 bits per heavy atom. The van der Waals surface area contributed by atoms with Crippen LogP contribution in [-0.4, -0.2) is 39.6 Å². The summed E-state index contributed by atoms with van der Waals surface area (Å²) in [6, 6.07) is -0.365. The maximum absolute atomic E-state index is 12.0. The summed E-state index contributed by atoms with van der Waals surface area (Å²) >= 11 is 1.55. The fourth-order valence-electron chi connectivity index (χ4n) is 2.27. The van der Waals surface area contributed by atoms with Gasteiger partial charge in [-0.1, -0.05) is 0 Å². The number of likely N-dealkylation sites (tertiary alicyclic amines) is 1. The van der Waals surface area contributed by atoms with Crippen molar-refractivity contribution in [2.24, 2.45) is 0 Å². The summed E-state index contributed by atoms with van der Waals surface area (Å²) in [6.45, 7) is 2.99. The van der Waals surface area contributed by atoms with Crippen molar-refractivity contribution in [1.82, 2.24) is 15.2 Å². The minimum absolute atomic E-state index is 0.0209. The fourth-order valence-corrected chi connectivity index (χ4v) is 3.00. The molecule has 0 spiro atoms. The fraction of sp³-hybridized carbons (Fsp3) is 0.583. The van der Waals surface area contributed by atoms with Crippen LogP contribution >= 0.6 is 11.3 Å². The highest BCUT2D eigenvalue weighted by atomic mass is 32.1. The van der Waals surface area contributed by atoms with Crippen LogP contribution in [0.1, 0.15) is 29.1 Å². The third-order valence-electron chi connectivity index (χ3n) is 3.13. The molecular weight excluding hydrogens is 266 g/mol. The third-order valence-corrected chi connectivity index (χ3v) is 4.04. The van der Waals surface area contributed by atoms with Crippen molar-refractivity contribution in [3.05, 3.63) is 16.1 Å². The second-order valence-electron chi connectivity index (χ2n) is 4.59. The van der Waals surface area contributed by atoms with Gasteiger partial charge in [0, 0.05) is 23.7 Å². The van der Waals surface area contributed by atoms with Gasteiger partial charge in [0.1, 0.15) is 0 Å². The number of carbonyl (C=O) groups is 2. The van der Waals surface area contributed by atoms with Gasteiger partial charge in [-0.05, 0) is 19.8 Å². The van der Waals surface area contributed by atoms with E-state index in [2.05, 4.69) is 10.3 Å². The highest BCUT2D eigenvalue weighted by Gasteiger charge is 2.30. The van der Waals surface area contributed by atoms with Crippen LogP contribution in [0.5, 0.6) is 0 Å². The van der Waals surface area contributed by atoms with E-state index in [9.17, 15) is 9.59 Å². The van der Waals surface area contributed by atoms with Crippen LogP contribution < -0.4 is 5.32 Å². The van der Waals surface area contributed by atoms with E-state index in [0.29, 0.717) is 13.1 Å². The van der Waals surface area contributed by atoms with E-state index in [-0.39, 0.29) is 18.5 Å². The molecule has 0 aliphatic carbocycles. The molecule has 1 saturated heterocycles. The van der Waals surface area contributed by atoms with E-state index in [1.165, 1.54) is 0 Å². The van der Waals surface area contributed by atoms with Gasteiger partial charge in [0.15, 0.2) is 0 Å². The highest BCUT2D eigenvalue weighted by molar-refractivity contribution is 7.11. The van der Waals surface area contributed by atoms with E-state index >= 15 is 0 Å². The zero-order valence-corrected chi connectivity index (χ0v) is 11.6. The Morgan fingerprint density at radius 2 is 2.42 bits per heavy atom. The summed E-state index contributed by atoms with van der Waals surface area (Å²) in [5, 5.41) is 12.6. The van der Waals surface area contributed by atoms with E-state index in [4.69, 9.17) is 5.11 Å². The molecule has 1 unspecified atom stereocenters. The van der Waals surface area contributed by atoms with Gasteiger partial charge in [0.05, 0.1) is 18.0 Å². The number of urea groups is 1. The van der Waals surface area contributed by atoms with Crippen LogP contribution in [0.25, 0.3) is 0 Å². The summed E-state index contributed by atoms with van der Waals surface area (Å²) in [5.74, 6) is -0.859. The summed E-state index contributed by atoms with van der Waals surface area (Å²) in [4.78, 5) is 29.5. The van der Waals surface area contributed by atoms with Crippen LogP contribution in [0.15, 0.2) is 6.20 Å². The van der Waals surface area contributed by atoms with Crippen molar-refractivity contribution in [2.75, 3.05) is 6.54 Å². The van der Waals surface area contributed by atoms with E-state index < -0.39 is 5.97 Å². The van der Waals surface area contributed by atoms with Gasteiger partial charge in [-0.15, -0.1) is 11.3 Å². The zero-order valence-electron chi connectivity index (χ0n) is 10.8. The summed E-state index contributed by atoms with van der Waals surface area (Å²) < 4.78 is 0. The Balaban J connectivity index is 1.86. The third kappa shape index (κ3) is 3.66. The molecule has 1 aromatic rings. The monoisotopic (exact) mass is 283 g/mol. The van der Waals surface area contributed by atoms with Crippen LogP contribution in [-0.2, 0) is 11.3 Å². The lowest BCUT2D eigenvalue weighted by atomic mass is 10.1. The molecule has 2 amide bonds. The average molecular weight is 283 g/mol. The molecule has 7 heteroatoms. The molecule has 1 aliphatic rings. The molecule has 2 N–H and O–H groups in total. The lowest BCUT2D eigenvalue weighted by Gasteiger charge is -2.23. The zero-order chi connectivity index (χ0) is 13.8. The van der Waals surface area contributed by atoms with Gasteiger partial charge >= 0.3 is 12.0 Å². The molecule has 1 aliphatic heterocycles. The van der Waals surface area contributed by atoms with E-state index in [1.807, 2.05) is 6.92 Å². The van der Waals surface area contributed by atoms with Gasteiger partial charge in [0.25, 0.3) is 0 Å². The minimum Gasteiger partial charge on any atom is -0.481 e. The predicted octanol–water partition coefficient (Wildman–Crippen LogP) is 1.60. The second kappa shape index (κ2) is 6.01. The maximum atomic E-state index is 12.0. The lowest BCUT2D eigenvalue weighted by Crippen LogP contribution is -2.43. The first kappa shape index (κ1) is 13.8. The maximum Gasteiger partial charge on any atom is 0.317 e. The van der Waals surface area contributed by atoms with Crippen molar-refractivity contribution in [1.29, 1.82) is 0 Å². The summed E-state index contributed by atoms with van der Waals surface area (Å²) in [6.07, 6.45) is 3.40. The number of carbonyl (C=O) groups excluding carboxylic acids is 1. The second-order valence-corrected chi connectivity index (χ2v) is 5.91. The standard InChI is InChI=1S/C12H17N3O3S/c1-8-13-6-10(19-8)7-14-12(18)15-4-2-3-9(15)5-11(16)17/h6,9H,2-5,7H2,1H3,(H,14,18)(H,16,17). The number of aryl methyl sites for hydroxylation is 1. The number of carboxylic acid groups (broad SMARTS) is 1. The lowest BCUT2D eigenvalue weighted by molar-refractivity contribution is -0.137. The normalized spacial score (nSPS) is 18.6. The summed E-state index contributed by atoms with van der Waals surface area (Å²) in [7, 11) is 0. The van der Waals surface area contributed by atoms with Crippen LogP contribution in [0.3, 0.4) is 0 Å². The predicted molar refractivity (Wildman–Crippen MR) is 71.1 cm³/mol. The number of nitrogens with one attached hydrogen (secondary N) is 1. The summed E-state index contributed by atoms with van der Waals surface area (Å²) in [5.41, 5.74) is 0. The number of aliphatic carboxylic acids is 1. The largest absolute Gasteiger partial charge is 0.481 e. The molecule has 0 saturated carbocycles. The van der Waals surface area contributed by atoms with Gasteiger partial charge in [-0.25, -0.2) is 9.78 Å². The molecule has 0 radical (unpaired) electrons.